The lowest BCUT2D eigenvalue weighted by molar-refractivity contribution is -0.116. The molecule has 0 N–H and O–H groups in total. The van der Waals surface area contributed by atoms with Crippen LogP contribution < -0.4 is 0 Å². The van der Waals surface area contributed by atoms with Gasteiger partial charge in [-0.15, -0.1) is 0 Å². The van der Waals surface area contributed by atoms with Crippen LogP contribution in [-0.4, -0.2) is 11.1 Å². The average Bonchev–Trinajstić information content (AvgIpc) is 2.20. The molecule has 1 aromatic carbocycles. The predicted molar refractivity (Wildman–Crippen MR) is 68.3 cm³/mol. The smallest absolute Gasteiger partial charge is 0.134 e. The van der Waals surface area contributed by atoms with Gasteiger partial charge in [-0.25, -0.2) is 0 Å². The monoisotopic (exact) mass is 266 g/mol. The standard InChI is InChI=1S/C13H15BrO/c1-11(15)10-13-8-3-2-6-12(13)7-4-5-9-14/h2-4,6-8H,5,9-10H2,1H3. The summed E-state index contributed by atoms with van der Waals surface area (Å²) in [6.45, 7) is 1.62. The van der Waals surface area contributed by atoms with Crippen LogP contribution in [0.2, 0.25) is 0 Å². The molecule has 0 aliphatic heterocycles. The van der Waals surface area contributed by atoms with E-state index < -0.39 is 0 Å². The van der Waals surface area contributed by atoms with Gasteiger partial charge in [-0.1, -0.05) is 52.3 Å². The van der Waals surface area contributed by atoms with E-state index in [1.54, 1.807) is 6.92 Å². The summed E-state index contributed by atoms with van der Waals surface area (Å²) in [7, 11) is 0. The highest BCUT2D eigenvalue weighted by atomic mass is 79.9. The third-order valence-corrected chi connectivity index (χ3v) is 2.53. The number of carbonyl (C=O) groups is 1. The first-order chi connectivity index (χ1) is 7.24. The predicted octanol–water partition coefficient (Wildman–Crippen LogP) is 3.62. The van der Waals surface area contributed by atoms with Crippen LogP contribution >= 0.6 is 15.9 Å². The van der Waals surface area contributed by atoms with Crippen molar-refractivity contribution in [1.82, 2.24) is 0 Å². The Hall–Kier alpha value is -0.890. The molecule has 0 aliphatic carbocycles. The van der Waals surface area contributed by atoms with Crippen molar-refractivity contribution in [3.05, 3.63) is 41.5 Å². The molecule has 0 fully saturated rings. The highest BCUT2D eigenvalue weighted by molar-refractivity contribution is 9.09. The number of allylic oxidation sites excluding steroid dienone is 1. The number of alkyl halides is 1. The maximum absolute atomic E-state index is 11.1. The summed E-state index contributed by atoms with van der Waals surface area (Å²) < 4.78 is 0. The zero-order valence-electron chi connectivity index (χ0n) is 8.87. The minimum absolute atomic E-state index is 0.205. The van der Waals surface area contributed by atoms with E-state index in [0.717, 1.165) is 22.9 Å². The van der Waals surface area contributed by atoms with E-state index in [4.69, 9.17) is 0 Å². The molecule has 0 unspecified atom stereocenters. The summed E-state index contributed by atoms with van der Waals surface area (Å²) in [6.07, 6.45) is 5.73. The average molecular weight is 267 g/mol. The van der Waals surface area contributed by atoms with Gasteiger partial charge in [0.25, 0.3) is 0 Å². The lowest BCUT2D eigenvalue weighted by Gasteiger charge is -2.02. The number of rotatable bonds is 5. The number of halogens is 1. The second-order valence-corrected chi connectivity index (χ2v) is 4.25. The summed E-state index contributed by atoms with van der Waals surface area (Å²) in [6, 6.07) is 8.02. The first kappa shape index (κ1) is 12.2. The number of benzene rings is 1. The van der Waals surface area contributed by atoms with Crippen LogP contribution in [0, 0.1) is 0 Å². The molecular formula is C13H15BrO. The van der Waals surface area contributed by atoms with Crippen molar-refractivity contribution < 1.29 is 4.79 Å². The quantitative estimate of drug-likeness (QED) is 0.745. The van der Waals surface area contributed by atoms with Gasteiger partial charge in [-0.2, -0.15) is 0 Å². The molecule has 0 spiro atoms. The van der Waals surface area contributed by atoms with Gasteiger partial charge in [0.15, 0.2) is 0 Å². The van der Waals surface area contributed by atoms with Gasteiger partial charge in [-0.3, -0.25) is 4.79 Å². The maximum Gasteiger partial charge on any atom is 0.134 e. The van der Waals surface area contributed by atoms with Crippen molar-refractivity contribution in [2.75, 3.05) is 5.33 Å². The van der Waals surface area contributed by atoms with E-state index in [1.807, 2.05) is 24.3 Å². The molecule has 0 heterocycles. The second-order valence-electron chi connectivity index (χ2n) is 3.46. The Bertz CT molecular complexity index is 355. The Kier molecular flexibility index (Phi) is 5.33. The van der Waals surface area contributed by atoms with E-state index in [-0.39, 0.29) is 5.78 Å². The van der Waals surface area contributed by atoms with Crippen LogP contribution in [0.3, 0.4) is 0 Å². The van der Waals surface area contributed by atoms with Crippen LogP contribution in [0.25, 0.3) is 6.08 Å². The molecule has 1 aromatic rings. The van der Waals surface area contributed by atoms with Crippen molar-refractivity contribution in [1.29, 1.82) is 0 Å². The van der Waals surface area contributed by atoms with Crippen molar-refractivity contribution in [2.45, 2.75) is 19.8 Å². The normalized spacial score (nSPS) is 10.8. The molecule has 2 heteroatoms. The number of hydrogen-bond acceptors (Lipinski definition) is 1. The first-order valence-electron chi connectivity index (χ1n) is 5.04. The summed E-state index contributed by atoms with van der Waals surface area (Å²) in [4.78, 5) is 11.1. The van der Waals surface area contributed by atoms with Gasteiger partial charge in [0.2, 0.25) is 0 Å². The van der Waals surface area contributed by atoms with E-state index in [9.17, 15) is 4.79 Å². The molecule has 15 heavy (non-hydrogen) atoms. The fourth-order valence-electron chi connectivity index (χ4n) is 1.40. The van der Waals surface area contributed by atoms with Gasteiger partial charge in [0, 0.05) is 11.8 Å². The van der Waals surface area contributed by atoms with Gasteiger partial charge in [0.1, 0.15) is 5.78 Å². The van der Waals surface area contributed by atoms with E-state index in [1.165, 1.54) is 0 Å². The van der Waals surface area contributed by atoms with Gasteiger partial charge < -0.3 is 0 Å². The molecule has 0 atom stereocenters. The van der Waals surface area contributed by atoms with Gasteiger partial charge in [-0.05, 0) is 24.5 Å². The second kappa shape index (κ2) is 6.57. The topological polar surface area (TPSA) is 17.1 Å². The van der Waals surface area contributed by atoms with Crippen molar-refractivity contribution in [2.24, 2.45) is 0 Å². The van der Waals surface area contributed by atoms with E-state index in [0.29, 0.717) is 6.42 Å². The lowest BCUT2D eigenvalue weighted by Crippen LogP contribution is -1.98. The fourth-order valence-corrected chi connectivity index (χ4v) is 1.66. The van der Waals surface area contributed by atoms with Gasteiger partial charge >= 0.3 is 0 Å². The Balaban J connectivity index is 2.81. The van der Waals surface area contributed by atoms with Crippen molar-refractivity contribution in [3.63, 3.8) is 0 Å². The van der Waals surface area contributed by atoms with Gasteiger partial charge in [0.05, 0.1) is 0 Å². The van der Waals surface area contributed by atoms with E-state index in [2.05, 4.69) is 28.1 Å². The highest BCUT2D eigenvalue weighted by Crippen LogP contribution is 2.12. The molecule has 0 bridgehead atoms. The van der Waals surface area contributed by atoms with Crippen LogP contribution in [-0.2, 0) is 11.2 Å². The van der Waals surface area contributed by atoms with Crippen LogP contribution in [0.15, 0.2) is 30.3 Å². The first-order valence-corrected chi connectivity index (χ1v) is 6.16. The molecule has 1 nitrogen and oxygen atoms in total. The minimum atomic E-state index is 0.205. The molecule has 0 saturated carbocycles. The molecule has 80 valence electrons. The number of ketones is 1. The summed E-state index contributed by atoms with van der Waals surface area (Å²) in [5, 5.41) is 0.971. The molecule has 1 rings (SSSR count). The molecular weight excluding hydrogens is 252 g/mol. The largest absolute Gasteiger partial charge is 0.300 e. The molecule has 0 amide bonds. The summed E-state index contributed by atoms with van der Waals surface area (Å²) in [5.74, 6) is 0.205. The van der Waals surface area contributed by atoms with Crippen molar-refractivity contribution >= 4 is 27.8 Å². The Morgan fingerprint density at radius 2 is 2.13 bits per heavy atom. The Labute approximate surface area is 99.3 Å². The molecule has 0 aromatic heterocycles. The third-order valence-electron chi connectivity index (χ3n) is 2.07. The minimum Gasteiger partial charge on any atom is -0.300 e. The van der Waals surface area contributed by atoms with Crippen LogP contribution in [0.5, 0.6) is 0 Å². The van der Waals surface area contributed by atoms with E-state index >= 15 is 0 Å². The molecule has 0 aliphatic rings. The molecule has 0 saturated heterocycles. The van der Waals surface area contributed by atoms with Crippen LogP contribution in [0.1, 0.15) is 24.5 Å². The fraction of sp³-hybridized carbons (Fsp3) is 0.308. The highest BCUT2D eigenvalue weighted by Gasteiger charge is 2.00. The molecule has 0 radical (unpaired) electrons. The number of hydrogen-bond donors (Lipinski definition) is 0. The van der Waals surface area contributed by atoms with Crippen molar-refractivity contribution in [3.8, 4) is 0 Å². The summed E-state index contributed by atoms with van der Waals surface area (Å²) in [5.41, 5.74) is 2.25. The number of carbonyl (C=O) groups excluding carboxylic acids is 1. The third kappa shape index (κ3) is 4.43. The number of Topliss-reactive ketones (excluding diaryl/α,β-unsaturated/α-hetero) is 1. The Morgan fingerprint density at radius 3 is 2.80 bits per heavy atom. The maximum atomic E-state index is 11.1. The summed E-state index contributed by atoms with van der Waals surface area (Å²) >= 11 is 3.38. The lowest BCUT2D eigenvalue weighted by atomic mass is 10.0. The Morgan fingerprint density at radius 1 is 1.40 bits per heavy atom. The zero-order chi connectivity index (χ0) is 11.1. The zero-order valence-corrected chi connectivity index (χ0v) is 10.5. The van der Waals surface area contributed by atoms with Crippen LogP contribution in [0.4, 0.5) is 0 Å². The SMILES string of the molecule is CC(=O)Cc1ccccc1C=CCCBr.